The second kappa shape index (κ2) is 6.84. The van der Waals surface area contributed by atoms with E-state index in [1.165, 1.54) is 19.3 Å². The fourth-order valence-electron chi connectivity index (χ4n) is 1.70. The summed E-state index contributed by atoms with van der Waals surface area (Å²) in [6.07, 6.45) is 5.80. The molecule has 3 nitrogen and oxygen atoms in total. The number of carboxylic acid groups (broad SMARTS) is 1. The minimum absolute atomic E-state index is 0.245. The summed E-state index contributed by atoms with van der Waals surface area (Å²) in [5, 5.41) is 8.56. The first kappa shape index (κ1) is 13.4. The maximum Gasteiger partial charge on any atom is 0.377 e. The predicted octanol–water partition coefficient (Wildman–Crippen LogP) is 3.08. The lowest BCUT2D eigenvalue weighted by Crippen LogP contribution is -2.12. The average Bonchev–Trinajstić information content (AvgIpc) is 2.34. The number of aliphatic carboxylic acids is 1. The van der Waals surface area contributed by atoms with E-state index in [1.54, 1.807) is 12.1 Å². The fraction of sp³-hybridized carbons (Fsp3) is 0.429. The highest BCUT2D eigenvalue weighted by Crippen LogP contribution is 2.10. The topological polar surface area (TPSA) is 54.4 Å². The van der Waals surface area contributed by atoms with E-state index in [0.717, 1.165) is 18.4 Å². The van der Waals surface area contributed by atoms with Crippen LogP contribution in [0, 0.1) is 0 Å². The zero-order valence-corrected chi connectivity index (χ0v) is 10.1. The molecule has 0 aliphatic heterocycles. The Morgan fingerprint density at radius 1 is 1.06 bits per heavy atom. The largest absolute Gasteiger partial charge is 0.475 e. The molecule has 0 saturated heterocycles. The van der Waals surface area contributed by atoms with Crippen LogP contribution in [-0.2, 0) is 11.2 Å². The Morgan fingerprint density at radius 3 is 2.24 bits per heavy atom. The molecule has 0 atom stereocenters. The Kier molecular flexibility index (Phi) is 5.40. The molecule has 0 bridgehead atoms. The van der Waals surface area contributed by atoms with Crippen molar-refractivity contribution in [3.8, 4) is 0 Å². The molecule has 0 saturated carbocycles. The van der Waals surface area contributed by atoms with Crippen molar-refractivity contribution in [3.63, 3.8) is 0 Å². The first-order chi connectivity index (χ1) is 8.15. The van der Waals surface area contributed by atoms with Crippen LogP contribution in [0.1, 0.15) is 48.5 Å². The smallest absolute Gasteiger partial charge is 0.377 e. The third-order valence-corrected chi connectivity index (χ3v) is 2.73. The highest BCUT2D eigenvalue weighted by molar-refractivity contribution is 6.39. The van der Waals surface area contributed by atoms with E-state index >= 15 is 0 Å². The molecule has 0 spiro atoms. The van der Waals surface area contributed by atoms with E-state index in [-0.39, 0.29) is 5.56 Å². The number of carbonyl (C=O) groups excluding carboxylic acids is 1. The second-order valence-corrected chi connectivity index (χ2v) is 4.14. The molecule has 1 aromatic carbocycles. The maximum absolute atomic E-state index is 11.2. The third kappa shape index (κ3) is 4.39. The van der Waals surface area contributed by atoms with Gasteiger partial charge in [0.2, 0.25) is 0 Å². The summed E-state index contributed by atoms with van der Waals surface area (Å²) in [6.45, 7) is 2.17. The average molecular weight is 234 g/mol. The van der Waals surface area contributed by atoms with E-state index in [0.29, 0.717) is 0 Å². The molecule has 1 aromatic rings. The van der Waals surface area contributed by atoms with Gasteiger partial charge in [-0.15, -0.1) is 0 Å². The molecule has 0 aliphatic carbocycles. The van der Waals surface area contributed by atoms with Crippen molar-refractivity contribution < 1.29 is 14.7 Å². The predicted molar refractivity (Wildman–Crippen MR) is 66.3 cm³/mol. The lowest BCUT2D eigenvalue weighted by atomic mass is 10.0. The fourth-order valence-corrected chi connectivity index (χ4v) is 1.70. The monoisotopic (exact) mass is 234 g/mol. The molecular formula is C14H18O3. The summed E-state index contributed by atoms with van der Waals surface area (Å²) in [5.74, 6) is -2.25. The molecular weight excluding hydrogens is 216 g/mol. The van der Waals surface area contributed by atoms with Crippen LogP contribution in [0.15, 0.2) is 24.3 Å². The first-order valence-corrected chi connectivity index (χ1v) is 6.01. The number of hydrogen-bond acceptors (Lipinski definition) is 2. The van der Waals surface area contributed by atoms with Gasteiger partial charge in [-0.1, -0.05) is 50.5 Å². The Bertz CT molecular complexity index is 379. The van der Waals surface area contributed by atoms with E-state index in [4.69, 9.17) is 5.11 Å². The first-order valence-electron chi connectivity index (χ1n) is 6.01. The van der Waals surface area contributed by atoms with Gasteiger partial charge in [-0.25, -0.2) is 4.79 Å². The summed E-state index contributed by atoms with van der Waals surface area (Å²) in [7, 11) is 0. The summed E-state index contributed by atoms with van der Waals surface area (Å²) in [4.78, 5) is 21.6. The van der Waals surface area contributed by atoms with E-state index in [2.05, 4.69) is 6.92 Å². The number of unbranched alkanes of at least 4 members (excludes halogenated alkanes) is 3. The second-order valence-electron chi connectivity index (χ2n) is 4.14. The molecule has 3 heteroatoms. The molecule has 1 rings (SSSR count). The van der Waals surface area contributed by atoms with Crippen LogP contribution in [0.5, 0.6) is 0 Å². The molecule has 0 fully saturated rings. The summed E-state index contributed by atoms with van der Waals surface area (Å²) >= 11 is 0. The van der Waals surface area contributed by atoms with Gasteiger partial charge in [0.25, 0.3) is 5.78 Å². The minimum atomic E-state index is -1.40. The van der Waals surface area contributed by atoms with Gasteiger partial charge in [0.1, 0.15) is 0 Å². The molecule has 92 valence electrons. The van der Waals surface area contributed by atoms with Gasteiger partial charge in [0.15, 0.2) is 0 Å². The van der Waals surface area contributed by atoms with Crippen LogP contribution in [0.25, 0.3) is 0 Å². The SMILES string of the molecule is CCCCCCc1ccc(C(=O)C(=O)O)cc1. The van der Waals surface area contributed by atoms with Gasteiger partial charge in [0.05, 0.1) is 0 Å². The quantitative estimate of drug-likeness (QED) is 0.448. The highest BCUT2D eigenvalue weighted by Gasteiger charge is 2.13. The van der Waals surface area contributed by atoms with Crippen molar-refractivity contribution in [2.45, 2.75) is 39.0 Å². The third-order valence-electron chi connectivity index (χ3n) is 2.73. The van der Waals surface area contributed by atoms with Gasteiger partial charge in [-0.3, -0.25) is 4.79 Å². The van der Waals surface area contributed by atoms with Crippen molar-refractivity contribution in [2.24, 2.45) is 0 Å². The van der Waals surface area contributed by atoms with Crippen molar-refractivity contribution >= 4 is 11.8 Å². The van der Waals surface area contributed by atoms with Crippen molar-refractivity contribution in [3.05, 3.63) is 35.4 Å². The number of benzene rings is 1. The molecule has 0 amide bonds. The highest BCUT2D eigenvalue weighted by atomic mass is 16.4. The molecule has 0 aromatic heterocycles. The van der Waals surface area contributed by atoms with Crippen LogP contribution in [0.4, 0.5) is 0 Å². The van der Waals surface area contributed by atoms with Crippen molar-refractivity contribution in [2.75, 3.05) is 0 Å². The van der Waals surface area contributed by atoms with Crippen molar-refractivity contribution in [1.29, 1.82) is 0 Å². The van der Waals surface area contributed by atoms with Gasteiger partial charge in [-0.2, -0.15) is 0 Å². The van der Waals surface area contributed by atoms with E-state index in [9.17, 15) is 9.59 Å². The molecule has 0 aliphatic rings. The van der Waals surface area contributed by atoms with Gasteiger partial charge >= 0.3 is 5.97 Å². The molecule has 17 heavy (non-hydrogen) atoms. The summed E-state index contributed by atoms with van der Waals surface area (Å²) in [5.41, 5.74) is 1.40. The van der Waals surface area contributed by atoms with Crippen LogP contribution >= 0.6 is 0 Å². The Hall–Kier alpha value is -1.64. The summed E-state index contributed by atoms with van der Waals surface area (Å²) in [6, 6.07) is 6.85. The van der Waals surface area contributed by atoms with E-state index < -0.39 is 11.8 Å². The Labute approximate surface area is 101 Å². The number of ketones is 1. The normalized spacial score (nSPS) is 10.2. The summed E-state index contributed by atoms with van der Waals surface area (Å²) < 4.78 is 0. The van der Waals surface area contributed by atoms with Crippen LogP contribution in [0.3, 0.4) is 0 Å². The Morgan fingerprint density at radius 2 is 1.71 bits per heavy atom. The molecule has 0 unspecified atom stereocenters. The van der Waals surface area contributed by atoms with Crippen LogP contribution in [0.2, 0.25) is 0 Å². The lowest BCUT2D eigenvalue weighted by molar-refractivity contribution is -0.131. The van der Waals surface area contributed by atoms with Gasteiger partial charge in [-0.05, 0) is 18.4 Å². The van der Waals surface area contributed by atoms with E-state index in [1.807, 2.05) is 12.1 Å². The lowest BCUT2D eigenvalue weighted by Gasteiger charge is -2.02. The van der Waals surface area contributed by atoms with Gasteiger partial charge < -0.3 is 5.11 Å². The van der Waals surface area contributed by atoms with Crippen LogP contribution in [-0.4, -0.2) is 16.9 Å². The number of carboxylic acids is 1. The van der Waals surface area contributed by atoms with Crippen LogP contribution < -0.4 is 0 Å². The standard InChI is InChI=1S/C14H18O3/c1-2-3-4-5-6-11-7-9-12(10-8-11)13(15)14(16)17/h7-10H,2-6H2,1H3,(H,16,17). The molecule has 1 N–H and O–H groups in total. The minimum Gasteiger partial charge on any atom is -0.475 e. The number of hydrogen-bond donors (Lipinski definition) is 1. The Balaban J connectivity index is 2.50. The molecule has 0 radical (unpaired) electrons. The zero-order valence-electron chi connectivity index (χ0n) is 10.1. The number of aryl methyl sites for hydroxylation is 1. The zero-order chi connectivity index (χ0) is 12.7. The van der Waals surface area contributed by atoms with Crippen molar-refractivity contribution in [1.82, 2.24) is 0 Å². The molecule has 0 heterocycles. The maximum atomic E-state index is 11.2. The number of carbonyl (C=O) groups is 2. The van der Waals surface area contributed by atoms with Gasteiger partial charge in [0, 0.05) is 5.56 Å². The number of Topliss-reactive ketones (excluding diaryl/α,β-unsaturated/α-hetero) is 1. The number of rotatable bonds is 7.